The fourth-order valence-electron chi connectivity index (χ4n) is 4.14. The zero-order valence-electron chi connectivity index (χ0n) is 18.1. The summed E-state index contributed by atoms with van der Waals surface area (Å²) in [6.45, 7) is 9.51. The number of carbonyl (C=O) groups is 4. The molecule has 0 spiro atoms. The summed E-state index contributed by atoms with van der Waals surface area (Å²) in [6.07, 6.45) is -1.87. The average Bonchev–Trinajstić information content (AvgIpc) is 3.33. The summed E-state index contributed by atoms with van der Waals surface area (Å²) < 4.78 is 27.2. The van der Waals surface area contributed by atoms with Crippen molar-refractivity contribution in [3.8, 4) is 0 Å². The first kappa shape index (κ1) is 23.7. The summed E-state index contributed by atoms with van der Waals surface area (Å²) in [5.74, 6) is -4.28. The van der Waals surface area contributed by atoms with Crippen molar-refractivity contribution in [3.63, 3.8) is 0 Å². The monoisotopic (exact) mass is 450 g/mol. The van der Waals surface area contributed by atoms with E-state index in [0.717, 1.165) is 14.0 Å². The van der Waals surface area contributed by atoms with Crippen molar-refractivity contribution in [2.45, 2.75) is 56.7 Å². The highest BCUT2D eigenvalue weighted by molar-refractivity contribution is 5.93. The molecule has 174 valence electrons. The molecule has 0 radical (unpaired) electrons. The second-order valence-corrected chi connectivity index (χ2v) is 8.12. The molecular formula is C22H26O10. The van der Waals surface area contributed by atoms with Gasteiger partial charge in [-0.05, 0) is 19.8 Å². The summed E-state index contributed by atoms with van der Waals surface area (Å²) in [4.78, 5) is 49.6. The van der Waals surface area contributed by atoms with Gasteiger partial charge in [0.1, 0.15) is 12.2 Å². The Hall–Kier alpha value is -2.98. The maximum absolute atomic E-state index is 12.6. The molecule has 0 amide bonds. The predicted molar refractivity (Wildman–Crippen MR) is 107 cm³/mol. The lowest BCUT2D eigenvalue weighted by atomic mass is 9.80. The number of methoxy groups -OCH3 is 1. The SMILES string of the molecule is C=C(CO)C(=O)O[C@H]1C(OC(C)=O)/C(C(=O)OC)=C\CC[C@@]2(C)O[C@@H]2[C@H]2OC(=O)C(=C)[C@@H]21. The summed E-state index contributed by atoms with van der Waals surface area (Å²) in [5.41, 5.74) is -0.999. The molecule has 0 aromatic carbocycles. The Kier molecular flexibility index (Phi) is 6.56. The predicted octanol–water partition coefficient (Wildman–Crippen LogP) is 0.527. The Morgan fingerprint density at radius 1 is 1.31 bits per heavy atom. The third-order valence-electron chi connectivity index (χ3n) is 5.90. The van der Waals surface area contributed by atoms with Gasteiger partial charge in [0.15, 0.2) is 12.2 Å². The van der Waals surface area contributed by atoms with E-state index in [9.17, 15) is 24.3 Å². The third-order valence-corrected chi connectivity index (χ3v) is 5.90. The molecule has 1 unspecified atom stereocenters. The number of allylic oxidation sites excluding steroid dienone is 1. The van der Waals surface area contributed by atoms with Crippen LogP contribution in [0.5, 0.6) is 0 Å². The zero-order valence-corrected chi connectivity index (χ0v) is 18.1. The number of hydrogen-bond acceptors (Lipinski definition) is 10. The molecule has 2 aliphatic heterocycles. The Morgan fingerprint density at radius 3 is 2.59 bits per heavy atom. The van der Waals surface area contributed by atoms with E-state index in [-0.39, 0.29) is 16.7 Å². The normalized spacial score (nSPS) is 35.2. The van der Waals surface area contributed by atoms with Crippen molar-refractivity contribution < 1.29 is 48.0 Å². The van der Waals surface area contributed by atoms with Crippen LogP contribution in [0.1, 0.15) is 26.7 Å². The molecule has 2 saturated heterocycles. The van der Waals surface area contributed by atoms with E-state index < -0.39 is 66.4 Å². The number of ether oxygens (including phenoxy) is 5. The molecule has 3 rings (SSSR count). The van der Waals surface area contributed by atoms with E-state index in [4.69, 9.17) is 23.7 Å². The molecule has 10 nitrogen and oxygen atoms in total. The summed E-state index contributed by atoms with van der Waals surface area (Å²) in [6, 6.07) is 0. The van der Waals surface area contributed by atoms with Gasteiger partial charge >= 0.3 is 23.9 Å². The van der Waals surface area contributed by atoms with Gasteiger partial charge in [0, 0.05) is 12.5 Å². The molecule has 6 atom stereocenters. The van der Waals surface area contributed by atoms with Crippen LogP contribution in [-0.4, -0.2) is 72.7 Å². The maximum Gasteiger partial charge on any atom is 0.337 e. The number of aliphatic hydroxyl groups excluding tert-OH is 1. The Morgan fingerprint density at radius 2 is 2.00 bits per heavy atom. The largest absolute Gasteiger partial charge is 0.466 e. The highest BCUT2D eigenvalue weighted by Crippen LogP contribution is 2.50. The first-order valence-electron chi connectivity index (χ1n) is 10.1. The van der Waals surface area contributed by atoms with Gasteiger partial charge in [-0.15, -0.1) is 0 Å². The number of carbonyl (C=O) groups excluding carboxylic acids is 4. The Bertz CT molecular complexity index is 902. The zero-order chi connectivity index (χ0) is 23.8. The van der Waals surface area contributed by atoms with Crippen molar-refractivity contribution in [1.82, 2.24) is 0 Å². The van der Waals surface area contributed by atoms with Crippen molar-refractivity contribution >= 4 is 23.9 Å². The average molecular weight is 450 g/mol. The minimum atomic E-state index is -1.43. The van der Waals surface area contributed by atoms with Crippen molar-refractivity contribution in [1.29, 1.82) is 0 Å². The van der Waals surface area contributed by atoms with Gasteiger partial charge in [-0.3, -0.25) is 4.79 Å². The van der Waals surface area contributed by atoms with Gasteiger partial charge in [0.2, 0.25) is 0 Å². The molecule has 0 aromatic rings. The smallest absolute Gasteiger partial charge is 0.337 e. The molecule has 3 aliphatic rings. The van der Waals surface area contributed by atoms with Gasteiger partial charge in [0.05, 0.1) is 36.4 Å². The molecule has 0 saturated carbocycles. The van der Waals surface area contributed by atoms with Crippen LogP contribution in [0, 0.1) is 5.92 Å². The van der Waals surface area contributed by atoms with Crippen LogP contribution < -0.4 is 0 Å². The first-order valence-corrected chi connectivity index (χ1v) is 10.1. The first-order chi connectivity index (χ1) is 15.0. The lowest BCUT2D eigenvalue weighted by Crippen LogP contribution is -2.48. The maximum atomic E-state index is 12.6. The van der Waals surface area contributed by atoms with E-state index in [2.05, 4.69) is 13.2 Å². The number of rotatable bonds is 5. The van der Waals surface area contributed by atoms with E-state index >= 15 is 0 Å². The van der Waals surface area contributed by atoms with E-state index in [1.54, 1.807) is 0 Å². The van der Waals surface area contributed by atoms with Gasteiger partial charge in [-0.25, -0.2) is 14.4 Å². The lowest BCUT2D eigenvalue weighted by Gasteiger charge is -2.33. The minimum Gasteiger partial charge on any atom is -0.466 e. The van der Waals surface area contributed by atoms with Gasteiger partial charge in [0.25, 0.3) is 0 Å². The number of epoxide rings is 1. The van der Waals surface area contributed by atoms with Crippen LogP contribution in [0.25, 0.3) is 0 Å². The fraction of sp³-hybridized carbons (Fsp3) is 0.545. The van der Waals surface area contributed by atoms with Crippen molar-refractivity contribution in [2.24, 2.45) is 5.92 Å². The van der Waals surface area contributed by atoms with E-state index in [1.165, 1.54) is 6.08 Å². The van der Waals surface area contributed by atoms with Crippen LogP contribution in [0.2, 0.25) is 0 Å². The van der Waals surface area contributed by atoms with Crippen LogP contribution in [0.3, 0.4) is 0 Å². The molecule has 32 heavy (non-hydrogen) atoms. The van der Waals surface area contributed by atoms with Crippen LogP contribution in [0.4, 0.5) is 0 Å². The molecule has 10 heteroatoms. The highest BCUT2D eigenvalue weighted by Gasteiger charge is 2.64. The van der Waals surface area contributed by atoms with Gasteiger partial charge in [-0.2, -0.15) is 0 Å². The molecule has 1 aliphatic carbocycles. The van der Waals surface area contributed by atoms with Crippen molar-refractivity contribution in [3.05, 3.63) is 36.0 Å². The quantitative estimate of drug-likeness (QED) is 0.273. The van der Waals surface area contributed by atoms with Gasteiger partial charge < -0.3 is 28.8 Å². The van der Waals surface area contributed by atoms with Crippen LogP contribution in [-0.2, 0) is 42.9 Å². The van der Waals surface area contributed by atoms with E-state index in [1.807, 2.05) is 6.92 Å². The number of esters is 4. The summed E-state index contributed by atoms with van der Waals surface area (Å²) >= 11 is 0. The fourth-order valence-corrected chi connectivity index (χ4v) is 4.14. The third kappa shape index (κ3) is 4.33. The summed E-state index contributed by atoms with van der Waals surface area (Å²) in [7, 11) is 1.16. The molecular weight excluding hydrogens is 424 g/mol. The standard InChI is InChI=1S/C22H26O10/c1-10(9-23)19(25)30-16-14-11(2)20(26)31-17(14)18-22(4,32-18)8-6-7-13(21(27)28-5)15(16)29-12(3)24/h7,14-18,23H,1-2,6,8-9H2,3-5H3/b13-7+/t14-,15?,16-,17+,18-,22-/m1/s1. The van der Waals surface area contributed by atoms with Crippen molar-refractivity contribution in [2.75, 3.05) is 13.7 Å². The molecule has 0 aromatic heterocycles. The highest BCUT2D eigenvalue weighted by atomic mass is 16.7. The minimum absolute atomic E-state index is 0.0257. The lowest BCUT2D eigenvalue weighted by molar-refractivity contribution is -0.169. The molecule has 1 N–H and O–H groups in total. The molecule has 2 fully saturated rings. The Balaban J connectivity index is 2.16. The van der Waals surface area contributed by atoms with Gasteiger partial charge in [-0.1, -0.05) is 19.2 Å². The molecule has 2 heterocycles. The summed E-state index contributed by atoms with van der Waals surface area (Å²) in [5, 5.41) is 9.28. The second kappa shape index (κ2) is 8.87. The van der Waals surface area contributed by atoms with Crippen LogP contribution >= 0.6 is 0 Å². The topological polar surface area (TPSA) is 138 Å². The van der Waals surface area contributed by atoms with Crippen LogP contribution in [0.15, 0.2) is 36.0 Å². The number of aliphatic hydroxyl groups is 1. The van der Waals surface area contributed by atoms with E-state index in [0.29, 0.717) is 12.8 Å². The number of fused-ring (bicyclic) bond motifs is 3. The Labute approximate surface area is 184 Å². The number of hydrogen-bond donors (Lipinski definition) is 1. The molecule has 0 bridgehead atoms. The second-order valence-electron chi connectivity index (χ2n) is 8.12.